The van der Waals surface area contributed by atoms with E-state index in [1.807, 2.05) is 0 Å². The first kappa shape index (κ1) is 17.0. The quantitative estimate of drug-likeness (QED) is 0.841. The monoisotopic (exact) mass is 355 g/mol. The molecule has 2 heterocycles. The van der Waals surface area contributed by atoms with Gasteiger partial charge in [-0.1, -0.05) is 0 Å². The SMILES string of the molecule is COc1cc2c(cc1OC)[C@H]1CN(C)[C@@H](C2)c2cc(OC)c(OC)cc21. The van der Waals surface area contributed by atoms with Crippen LogP contribution in [0.15, 0.2) is 24.3 Å². The van der Waals surface area contributed by atoms with Crippen LogP contribution in [0.1, 0.15) is 34.2 Å². The minimum absolute atomic E-state index is 0.267. The summed E-state index contributed by atoms with van der Waals surface area (Å²) in [5.41, 5.74) is 5.26. The number of benzene rings is 2. The summed E-state index contributed by atoms with van der Waals surface area (Å²) in [7, 11) is 8.94. The van der Waals surface area contributed by atoms with Crippen molar-refractivity contribution in [3.8, 4) is 23.0 Å². The van der Waals surface area contributed by atoms with Gasteiger partial charge in [-0.3, -0.25) is 4.90 Å². The highest BCUT2D eigenvalue weighted by Crippen LogP contribution is 2.50. The van der Waals surface area contributed by atoms with Crippen LogP contribution in [0.5, 0.6) is 23.0 Å². The van der Waals surface area contributed by atoms with Crippen molar-refractivity contribution in [3.63, 3.8) is 0 Å². The van der Waals surface area contributed by atoms with Gasteiger partial charge in [-0.15, -0.1) is 0 Å². The van der Waals surface area contributed by atoms with Gasteiger partial charge in [0.1, 0.15) is 0 Å². The predicted octanol–water partition coefficient (Wildman–Crippen LogP) is 3.40. The van der Waals surface area contributed by atoms with Gasteiger partial charge in [0.25, 0.3) is 0 Å². The maximum atomic E-state index is 5.56. The highest BCUT2D eigenvalue weighted by Gasteiger charge is 2.38. The Kier molecular flexibility index (Phi) is 4.19. The lowest BCUT2D eigenvalue weighted by atomic mass is 9.84. The number of fused-ring (bicyclic) bond motifs is 1. The van der Waals surface area contributed by atoms with E-state index in [0.717, 1.165) is 36.0 Å². The molecule has 2 aromatic carbocycles. The number of hydrogen-bond acceptors (Lipinski definition) is 5. The highest BCUT2D eigenvalue weighted by atomic mass is 16.5. The Morgan fingerprint density at radius 1 is 0.731 bits per heavy atom. The minimum atomic E-state index is 0.267. The molecule has 2 atom stereocenters. The van der Waals surface area contributed by atoms with Gasteiger partial charge < -0.3 is 18.9 Å². The van der Waals surface area contributed by atoms with E-state index < -0.39 is 0 Å². The van der Waals surface area contributed by atoms with Crippen LogP contribution >= 0.6 is 0 Å². The summed E-state index contributed by atoms with van der Waals surface area (Å²) in [4.78, 5) is 2.43. The average Bonchev–Trinajstić information content (AvgIpc) is 2.89. The standard InChI is InChI=1S/C21H25NO4/c1-22-11-16-13-8-19(24-3)18(23-2)7-12(13)6-17(22)15-10-21(26-5)20(25-4)9-14(15)16/h7-10,16-17H,6,11H2,1-5H3/t16-,17+/m1/s1. The van der Waals surface area contributed by atoms with Crippen molar-refractivity contribution in [2.75, 3.05) is 42.0 Å². The molecule has 0 amide bonds. The Morgan fingerprint density at radius 3 is 1.81 bits per heavy atom. The summed E-state index contributed by atoms with van der Waals surface area (Å²) < 4.78 is 22.2. The summed E-state index contributed by atoms with van der Waals surface area (Å²) in [5, 5.41) is 0. The topological polar surface area (TPSA) is 40.2 Å². The van der Waals surface area contributed by atoms with Gasteiger partial charge >= 0.3 is 0 Å². The maximum absolute atomic E-state index is 5.56. The summed E-state index contributed by atoms with van der Waals surface area (Å²) in [5.74, 6) is 3.40. The Labute approximate surface area is 154 Å². The predicted molar refractivity (Wildman–Crippen MR) is 100 cm³/mol. The van der Waals surface area contributed by atoms with Crippen molar-refractivity contribution in [1.29, 1.82) is 0 Å². The molecule has 0 N–H and O–H groups in total. The van der Waals surface area contributed by atoms with Crippen LogP contribution in [0.2, 0.25) is 0 Å². The molecule has 2 aliphatic heterocycles. The third-order valence-electron chi connectivity index (χ3n) is 5.76. The second kappa shape index (κ2) is 6.40. The Morgan fingerprint density at radius 2 is 1.23 bits per heavy atom. The molecule has 2 bridgehead atoms. The van der Waals surface area contributed by atoms with Crippen LogP contribution in [0.4, 0.5) is 0 Å². The third kappa shape index (κ3) is 2.42. The zero-order valence-corrected chi connectivity index (χ0v) is 16.0. The zero-order valence-electron chi connectivity index (χ0n) is 16.0. The smallest absolute Gasteiger partial charge is 0.161 e. The van der Waals surface area contributed by atoms with Crippen molar-refractivity contribution in [2.24, 2.45) is 0 Å². The van der Waals surface area contributed by atoms with E-state index in [1.54, 1.807) is 28.4 Å². The molecule has 3 aliphatic rings. The number of hydrogen-bond donors (Lipinski definition) is 0. The van der Waals surface area contributed by atoms with Gasteiger partial charge in [0.15, 0.2) is 23.0 Å². The number of methoxy groups -OCH3 is 4. The van der Waals surface area contributed by atoms with E-state index in [-0.39, 0.29) is 5.92 Å². The van der Waals surface area contributed by atoms with Gasteiger partial charge in [-0.05, 0) is 60.0 Å². The normalized spacial score (nSPS) is 20.8. The lowest BCUT2D eigenvalue weighted by Gasteiger charge is -2.36. The summed E-state index contributed by atoms with van der Waals surface area (Å²) in [6, 6.07) is 8.86. The molecule has 0 saturated carbocycles. The molecular weight excluding hydrogens is 330 g/mol. The number of nitrogens with zero attached hydrogens (tertiary/aromatic N) is 1. The van der Waals surface area contributed by atoms with Crippen molar-refractivity contribution in [1.82, 2.24) is 4.90 Å². The van der Waals surface area contributed by atoms with Crippen molar-refractivity contribution in [2.45, 2.75) is 18.4 Å². The van der Waals surface area contributed by atoms with Gasteiger partial charge in [0.05, 0.1) is 28.4 Å². The molecule has 0 fully saturated rings. The van der Waals surface area contributed by atoms with Crippen LogP contribution in [0, 0.1) is 0 Å². The first-order valence-electron chi connectivity index (χ1n) is 8.82. The van der Waals surface area contributed by atoms with E-state index >= 15 is 0 Å². The van der Waals surface area contributed by atoms with Crippen LogP contribution in [0.25, 0.3) is 0 Å². The van der Waals surface area contributed by atoms with Gasteiger partial charge in [0, 0.05) is 18.5 Å². The van der Waals surface area contributed by atoms with E-state index in [1.165, 1.54) is 22.3 Å². The summed E-state index contributed by atoms with van der Waals surface area (Å²) >= 11 is 0. The Bertz CT molecular complexity index is 848. The molecule has 0 saturated heterocycles. The Hall–Kier alpha value is -2.40. The maximum Gasteiger partial charge on any atom is 0.161 e. The molecular formula is C21H25NO4. The van der Waals surface area contributed by atoms with Crippen LogP contribution in [-0.2, 0) is 6.42 Å². The average molecular weight is 355 g/mol. The molecule has 0 unspecified atom stereocenters. The fourth-order valence-electron chi connectivity index (χ4n) is 4.43. The number of ether oxygens (including phenoxy) is 4. The lowest BCUT2D eigenvalue weighted by Crippen LogP contribution is -2.33. The lowest BCUT2D eigenvalue weighted by molar-refractivity contribution is 0.225. The van der Waals surface area contributed by atoms with Gasteiger partial charge in [-0.2, -0.15) is 0 Å². The molecule has 5 heteroatoms. The molecule has 5 rings (SSSR count). The fourth-order valence-corrected chi connectivity index (χ4v) is 4.43. The van der Waals surface area contributed by atoms with Crippen molar-refractivity contribution < 1.29 is 18.9 Å². The van der Waals surface area contributed by atoms with Gasteiger partial charge in [-0.25, -0.2) is 0 Å². The molecule has 1 aliphatic carbocycles. The Balaban J connectivity index is 1.94. The summed E-state index contributed by atoms with van der Waals surface area (Å²) in [6.45, 7) is 0.968. The van der Waals surface area contributed by atoms with E-state index in [4.69, 9.17) is 18.9 Å². The van der Waals surface area contributed by atoms with Crippen LogP contribution in [0.3, 0.4) is 0 Å². The summed E-state index contributed by atoms with van der Waals surface area (Å²) in [6.07, 6.45) is 0.936. The van der Waals surface area contributed by atoms with Gasteiger partial charge in [0.2, 0.25) is 0 Å². The third-order valence-corrected chi connectivity index (χ3v) is 5.76. The highest BCUT2D eigenvalue weighted by molar-refractivity contribution is 5.59. The molecule has 26 heavy (non-hydrogen) atoms. The van der Waals surface area contributed by atoms with Crippen molar-refractivity contribution >= 4 is 0 Å². The molecule has 0 radical (unpaired) electrons. The second-order valence-corrected chi connectivity index (χ2v) is 6.95. The van der Waals surface area contributed by atoms with Crippen LogP contribution < -0.4 is 18.9 Å². The van der Waals surface area contributed by atoms with Crippen LogP contribution in [-0.4, -0.2) is 46.9 Å². The van der Waals surface area contributed by atoms with E-state index in [2.05, 4.69) is 36.2 Å². The minimum Gasteiger partial charge on any atom is -0.493 e. The van der Waals surface area contributed by atoms with E-state index in [0.29, 0.717) is 6.04 Å². The number of rotatable bonds is 4. The van der Waals surface area contributed by atoms with Crippen molar-refractivity contribution in [3.05, 3.63) is 46.5 Å². The molecule has 138 valence electrons. The first-order valence-corrected chi connectivity index (χ1v) is 8.82. The first-order chi connectivity index (χ1) is 12.6. The largest absolute Gasteiger partial charge is 0.493 e. The molecule has 5 nitrogen and oxygen atoms in total. The number of likely N-dealkylation sites (N-methyl/N-ethyl adjacent to an activating group) is 1. The molecule has 0 spiro atoms. The zero-order chi connectivity index (χ0) is 18.4. The fraction of sp³-hybridized carbons (Fsp3) is 0.429. The van der Waals surface area contributed by atoms with E-state index in [9.17, 15) is 0 Å². The second-order valence-electron chi connectivity index (χ2n) is 6.95. The molecule has 2 aromatic rings. The molecule has 0 aromatic heterocycles.